The molecule has 0 aliphatic rings. The Bertz CT molecular complexity index is 1510. The Morgan fingerprint density at radius 3 is 2.45 bits per heavy atom. The molecule has 10 nitrogen and oxygen atoms in total. The number of aromatic hydroxyl groups is 1. The molecular weight excluding hydrogens is 510 g/mol. The first-order valence-corrected chi connectivity index (χ1v) is 11.2. The molecule has 0 fully saturated rings. The number of nitrogens with two attached hydrogens (primary N) is 1. The van der Waals surface area contributed by atoms with Gasteiger partial charge in [0.15, 0.2) is 11.6 Å². The van der Waals surface area contributed by atoms with Gasteiger partial charge in [-0.15, -0.1) is 12.4 Å². The van der Waals surface area contributed by atoms with Gasteiger partial charge in [0.1, 0.15) is 23.1 Å². The number of rotatable bonds is 7. The fourth-order valence-corrected chi connectivity index (χ4v) is 3.68. The molecule has 0 radical (unpaired) electrons. The zero-order valence-electron chi connectivity index (χ0n) is 20.4. The van der Waals surface area contributed by atoms with Crippen LogP contribution in [0.2, 0.25) is 0 Å². The van der Waals surface area contributed by atoms with Crippen LogP contribution < -0.4 is 21.1 Å². The Morgan fingerprint density at radius 1 is 1.08 bits per heavy atom. The van der Waals surface area contributed by atoms with Crippen LogP contribution in [-0.4, -0.2) is 35.1 Å². The van der Waals surface area contributed by atoms with Crippen LogP contribution in [-0.2, 0) is 4.79 Å². The molecule has 0 aliphatic heterocycles. The molecule has 0 bridgehead atoms. The molecule has 2 heterocycles. The highest BCUT2D eigenvalue weighted by atomic mass is 35.5. The van der Waals surface area contributed by atoms with Gasteiger partial charge >= 0.3 is 0 Å². The lowest BCUT2D eigenvalue weighted by Crippen LogP contribution is -2.32. The number of benzene rings is 2. The van der Waals surface area contributed by atoms with Gasteiger partial charge < -0.3 is 30.6 Å². The molecule has 2 amide bonds. The molecule has 11 heteroatoms. The van der Waals surface area contributed by atoms with E-state index in [0.717, 1.165) is 0 Å². The summed E-state index contributed by atoms with van der Waals surface area (Å²) in [4.78, 5) is 29.5. The Morgan fingerprint density at radius 2 is 1.82 bits per heavy atom. The van der Waals surface area contributed by atoms with Gasteiger partial charge in [-0.25, -0.2) is 4.98 Å². The van der Waals surface area contributed by atoms with Crippen molar-refractivity contribution in [1.29, 1.82) is 5.26 Å². The van der Waals surface area contributed by atoms with E-state index in [2.05, 4.69) is 21.7 Å². The highest BCUT2D eigenvalue weighted by molar-refractivity contribution is 6.04. The van der Waals surface area contributed by atoms with Crippen molar-refractivity contribution in [3.63, 3.8) is 0 Å². The monoisotopic (exact) mass is 533 g/mol. The van der Waals surface area contributed by atoms with Crippen LogP contribution in [0, 0.1) is 11.3 Å². The van der Waals surface area contributed by atoms with Crippen LogP contribution >= 0.6 is 12.4 Å². The van der Waals surface area contributed by atoms with Gasteiger partial charge in [0.25, 0.3) is 5.91 Å². The van der Waals surface area contributed by atoms with Crippen LogP contribution in [0.5, 0.6) is 11.5 Å². The number of hydrogen-bond acceptors (Lipinski definition) is 8. The van der Waals surface area contributed by atoms with Gasteiger partial charge in [0.05, 0.1) is 30.8 Å². The Kier molecular flexibility index (Phi) is 8.70. The van der Waals surface area contributed by atoms with Crippen molar-refractivity contribution in [2.45, 2.75) is 13.0 Å². The van der Waals surface area contributed by atoms with E-state index in [9.17, 15) is 20.0 Å². The quantitative estimate of drug-likeness (QED) is 0.268. The minimum atomic E-state index is -0.764. The van der Waals surface area contributed by atoms with E-state index in [1.54, 1.807) is 55.5 Å². The maximum atomic E-state index is 12.8. The largest absolute Gasteiger partial charge is 0.507 e. The van der Waals surface area contributed by atoms with Crippen molar-refractivity contribution >= 4 is 35.7 Å². The SMILES string of the molecule is COc1c(NC(=O)C(C)N)cccc1-c1cc(-c2ccccc2O)nc(NC(=O)c2ccco2)c1C#N.Cl. The first kappa shape index (κ1) is 27.7. The highest BCUT2D eigenvalue weighted by Crippen LogP contribution is 2.42. The van der Waals surface area contributed by atoms with E-state index in [1.807, 2.05) is 0 Å². The lowest BCUT2D eigenvalue weighted by Gasteiger charge is -2.18. The first-order valence-electron chi connectivity index (χ1n) is 11.2. The number of amides is 2. The zero-order chi connectivity index (χ0) is 26.5. The third kappa shape index (κ3) is 5.59. The van der Waals surface area contributed by atoms with Gasteiger partial charge in [-0.05, 0) is 43.3 Å². The van der Waals surface area contributed by atoms with E-state index < -0.39 is 17.9 Å². The fourth-order valence-electron chi connectivity index (χ4n) is 3.68. The number of carbonyl (C=O) groups is 2. The Hall–Kier alpha value is -4.85. The predicted octanol–water partition coefficient (Wildman–Crippen LogP) is 4.55. The third-order valence-corrected chi connectivity index (χ3v) is 5.47. The summed E-state index contributed by atoms with van der Waals surface area (Å²) in [5.41, 5.74) is 7.52. The maximum Gasteiger partial charge on any atom is 0.292 e. The summed E-state index contributed by atoms with van der Waals surface area (Å²) in [5.74, 6) is -0.832. The van der Waals surface area contributed by atoms with E-state index >= 15 is 0 Å². The molecule has 4 aromatic rings. The molecule has 4 rings (SSSR count). The predicted molar refractivity (Wildman–Crippen MR) is 144 cm³/mol. The van der Waals surface area contributed by atoms with Crippen molar-refractivity contribution in [3.05, 3.63) is 78.3 Å². The number of carbonyl (C=O) groups excluding carboxylic acids is 2. The van der Waals surface area contributed by atoms with Crippen LogP contribution in [0.1, 0.15) is 23.0 Å². The van der Waals surface area contributed by atoms with Crippen molar-refractivity contribution in [2.75, 3.05) is 17.7 Å². The maximum absolute atomic E-state index is 12.8. The summed E-state index contributed by atoms with van der Waals surface area (Å²) >= 11 is 0. The van der Waals surface area contributed by atoms with Crippen molar-refractivity contribution < 1.29 is 23.8 Å². The number of nitrogens with one attached hydrogen (secondary N) is 2. The second kappa shape index (κ2) is 11.9. The number of halogens is 1. The van der Waals surface area contributed by atoms with Crippen molar-refractivity contribution in [1.82, 2.24) is 4.98 Å². The van der Waals surface area contributed by atoms with E-state index in [-0.39, 0.29) is 46.7 Å². The second-order valence-corrected chi connectivity index (χ2v) is 8.00. The number of hydrogen-bond donors (Lipinski definition) is 4. The van der Waals surface area contributed by atoms with Crippen LogP contribution in [0.3, 0.4) is 0 Å². The number of phenols is 1. The molecular formula is C27H24ClN5O5. The second-order valence-electron chi connectivity index (χ2n) is 8.00. The summed E-state index contributed by atoms with van der Waals surface area (Å²) in [5, 5.41) is 26.0. The highest BCUT2D eigenvalue weighted by Gasteiger charge is 2.23. The number of para-hydroxylation sites is 2. The topological polar surface area (TPSA) is 163 Å². The number of pyridine rings is 1. The number of ether oxygens (including phenoxy) is 1. The average molecular weight is 534 g/mol. The molecule has 194 valence electrons. The average Bonchev–Trinajstić information content (AvgIpc) is 3.43. The summed E-state index contributed by atoms with van der Waals surface area (Å²) in [6.07, 6.45) is 1.35. The minimum Gasteiger partial charge on any atom is -0.507 e. The molecule has 5 N–H and O–H groups in total. The standard InChI is InChI=1S/C27H23N5O5.ClH/c1-15(29)26(34)31-20-9-5-8-16(24(20)36-2)18-13-21(17-7-3-4-10-22(17)33)30-25(19(18)14-28)32-27(35)23-11-6-12-37-23;/h3-13,15,33H,29H2,1-2H3,(H,31,34)(H,30,32,35);1H. The molecule has 0 saturated heterocycles. The number of phenolic OH excluding ortho intramolecular Hbond substituents is 1. The molecule has 38 heavy (non-hydrogen) atoms. The normalized spacial score (nSPS) is 11.0. The lowest BCUT2D eigenvalue weighted by molar-refractivity contribution is -0.117. The minimum absolute atomic E-state index is 0. The van der Waals surface area contributed by atoms with Crippen molar-refractivity contribution in [3.8, 4) is 40.0 Å². The summed E-state index contributed by atoms with van der Waals surface area (Å²) in [6.45, 7) is 1.55. The molecule has 0 spiro atoms. The third-order valence-electron chi connectivity index (χ3n) is 5.47. The van der Waals surface area contributed by atoms with Gasteiger partial charge in [0.2, 0.25) is 5.91 Å². The molecule has 2 aromatic carbocycles. The summed E-state index contributed by atoms with van der Waals surface area (Å²) < 4.78 is 10.8. The number of anilines is 2. The zero-order valence-corrected chi connectivity index (χ0v) is 21.2. The summed E-state index contributed by atoms with van der Waals surface area (Å²) in [7, 11) is 1.43. The molecule has 0 aliphatic carbocycles. The molecule has 0 saturated carbocycles. The van der Waals surface area contributed by atoms with Gasteiger partial charge in [-0.2, -0.15) is 5.26 Å². The van der Waals surface area contributed by atoms with Gasteiger partial charge in [0, 0.05) is 16.7 Å². The fraction of sp³-hybridized carbons (Fsp3) is 0.111. The molecule has 2 aromatic heterocycles. The van der Waals surface area contributed by atoms with Crippen LogP contribution in [0.25, 0.3) is 22.4 Å². The van der Waals surface area contributed by atoms with Crippen molar-refractivity contribution in [2.24, 2.45) is 5.73 Å². The number of furan rings is 1. The lowest BCUT2D eigenvalue weighted by atomic mass is 9.96. The van der Waals surface area contributed by atoms with Gasteiger partial charge in [-0.3, -0.25) is 9.59 Å². The molecule has 1 unspecified atom stereocenters. The number of methoxy groups -OCH3 is 1. The van der Waals surface area contributed by atoms with E-state index in [4.69, 9.17) is 14.9 Å². The Balaban J connectivity index is 0.00000400. The number of aromatic nitrogens is 1. The van der Waals surface area contributed by atoms with Crippen LogP contribution in [0.15, 0.2) is 71.3 Å². The summed E-state index contributed by atoms with van der Waals surface area (Å²) in [6, 6.07) is 17.5. The van der Waals surface area contributed by atoms with Gasteiger partial charge in [-0.1, -0.05) is 24.3 Å². The number of nitriles is 1. The molecule has 1 atom stereocenters. The first-order chi connectivity index (χ1) is 17.8. The Labute approximate surface area is 224 Å². The number of nitrogens with zero attached hydrogens (tertiary/aromatic N) is 2. The van der Waals surface area contributed by atoms with E-state index in [0.29, 0.717) is 22.4 Å². The van der Waals surface area contributed by atoms with Crippen LogP contribution in [0.4, 0.5) is 11.5 Å². The smallest absolute Gasteiger partial charge is 0.292 e. The van der Waals surface area contributed by atoms with E-state index in [1.165, 1.54) is 25.5 Å².